The van der Waals surface area contributed by atoms with E-state index in [1.807, 2.05) is 20.8 Å². The Morgan fingerprint density at radius 1 is 1.27 bits per heavy atom. The van der Waals surface area contributed by atoms with Gasteiger partial charge in [-0.15, -0.1) is 12.4 Å². The summed E-state index contributed by atoms with van der Waals surface area (Å²) in [5.74, 6) is 0.143. The molecule has 146 valence electrons. The standard InChI is InChI=1S/C18H27N3O3S.ClH/c1-18(2,3)14-13(16(23)24-4)25-17(20-14)21-15(22)12-9-10-7-5-6-8-11(10)19-12;/h10-12,19H,5-9H2,1-4H3,(H,20,21,22);1H. The molecule has 2 fully saturated rings. The summed E-state index contributed by atoms with van der Waals surface area (Å²) < 4.78 is 4.86. The number of esters is 1. The molecular weight excluding hydrogens is 374 g/mol. The lowest BCUT2D eigenvalue weighted by Crippen LogP contribution is -2.39. The maximum absolute atomic E-state index is 12.6. The molecule has 1 aromatic rings. The molecule has 0 aromatic carbocycles. The van der Waals surface area contributed by atoms with Gasteiger partial charge >= 0.3 is 5.97 Å². The first-order chi connectivity index (χ1) is 11.8. The number of thiazole rings is 1. The summed E-state index contributed by atoms with van der Waals surface area (Å²) in [5, 5.41) is 6.84. The van der Waals surface area contributed by atoms with Crippen LogP contribution in [-0.4, -0.2) is 36.1 Å². The van der Waals surface area contributed by atoms with Gasteiger partial charge in [0, 0.05) is 11.5 Å². The molecular formula is C18H28ClN3O3S. The van der Waals surface area contributed by atoms with E-state index in [4.69, 9.17) is 4.74 Å². The summed E-state index contributed by atoms with van der Waals surface area (Å²) in [4.78, 5) is 29.6. The summed E-state index contributed by atoms with van der Waals surface area (Å²) in [5.41, 5.74) is 0.358. The lowest BCUT2D eigenvalue weighted by Gasteiger charge is -2.24. The van der Waals surface area contributed by atoms with Crippen LogP contribution in [0.2, 0.25) is 0 Å². The Balaban J connectivity index is 0.00000243. The Bertz CT molecular complexity index is 657. The molecule has 3 atom stereocenters. The molecule has 0 radical (unpaired) electrons. The van der Waals surface area contributed by atoms with Gasteiger partial charge in [-0.25, -0.2) is 9.78 Å². The maximum Gasteiger partial charge on any atom is 0.350 e. The van der Waals surface area contributed by atoms with E-state index in [9.17, 15) is 9.59 Å². The normalized spacial score (nSPS) is 25.2. The quantitative estimate of drug-likeness (QED) is 0.757. The van der Waals surface area contributed by atoms with E-state index in [0.29, 0.717) is 27.7 Å². The fourth-order valence-electron chi connectivity index (χ4n) is 3.83. The molecule has 1 saturated carbocycles. The molecule has 1 aliphatic heterocycles. The Morgan fingerprint density at radius 3 is 2.58 bits per heavy atom. The van der Waals surface area contributed by atoms with Crippen molar-refractivity contribution in [3.8, 4) is 0 Å². The first-order valence-electron chi connectivity index (χ1n) is 8.96. The Kier molecular flexibility index (Phi) is 6.69. The first-order valence-corrected chi connectivity index (χ1v) is 9.77. The zero-order valence-electron chi connectivity index (χ0n) is 15.8. The van der Waals surface area contributed by atoms with Crippen LogP contribution in [0.5, 0.6) is 0 Å². The van der Waals surface area contributed by atoms with Crippen molar-refractivity contribution in [2.45, 2.75) is 70.4 Å². The average molecular weight is 402 g/mol. The van der Waals surface area contributed by atoms with Crippen molar-refractivity contribution in [1.82, 2.24) is 10.3 Å². The molecule has 1 aromatic heterocycles. The highest BCUT2D eigenvalue weighted by Crippen LogP contribution is 2.35. The third-order valence-corrected chi connectivity index (χ3v) is 6.07. The van der Waals surface area contributed by atoms with Gasteiger partial charge in [-0.3, -0.25) is 4.79 Å². The molecule has 0 bridgehead atoms. The van der Waals surface area contributed by atoms with Gasteiger partial charge in [0.25, 0.3) is 0 Å². The van der Waals surface area contributed by atoms with E-state index in [2.05, 4.69) is 15.6 Å². The number of amides is 1. The molecule has 3 rings (SSSR count). The number of rotatable bonds is 3. The average Bonchev–Trinajstić information content (AvgIpc) is 3.17. The molecule has 8 heteroatoms. The number of methoxy groups -OCH3 is 1. The van der Waals surface area contributed by atoms with E-state index in [-0.39, 0.29) is 29.8 Å². The monoisotopic (exact) mass is 401 g/mol. The summed E-state index contributed by atoms with van der Waals surface area (Å²) in [6, 6.07) is 0.299. The fraction of sp³-hybridized carbons (Fsp3) is 0.722. The number of fused-ring (bicyclic) bond motifs is 1. The van der Waals surface area contributed by atoms with Gasteiger partial charge in [-0.2, -0.15) is 0 Å². The minimum absolute atomic E-state index is 0. The number of carbonyl (C=O) groups is 2. The van der Waals surface area contributed by atoms with Crippen LogP contribution in [0.1, 0.15) is 68.2 Å². The molecule has 0 spiro atoms. The predicted molar refractivity (Wildman–Crippen MR) is 105 cm³/mol. The highest BCUT2D eigenvalue weighted by atomic mass is 35.5. The van der Waals surface area contributed by atoms with Gasteiger partial charge in [0.1, 0.15) is 4.88 Å². The number of nitrogens with zero attached hydrogens (tertiary/aromatic N) is 1. The van der Waals surface area contributed by atoms with Crippen molar-refractivity contribution in [2.75, 3.05) is 12.4 Å². The van der Waals surface area contributed by atoms with Crippen molar-refractivity contribution in [2.24, 2.45) is 5.92 Å². The SMILES string of the molecule is COC(=O)c1sc(NC(=O)C2CC3CCCCC3N2)nc1C(C)(C)C.Cl. The van der Waals surface area contributed by atoms with Crippen LogP contribution in [0, 0.1) is 5.92 Å². The largest absolute Gasteiger partial charge is 0.465 e. The number of hydrogen-bond acceptors (Lipinski definition) is 6. The molecule has 1 aliphatic carbocycles. The Hall–Kier alpha value is -1.18. The van der Waals surface area contributed by atoms with Crippen LogP contribution in [0.4, 0.5) is 5.13 Å². The zero-order chi connectivity index (χ0) is 18.2. The van der Waals surface area contributed by atoms with Crippen molar-refractivity contribution in [3.63, 3.8) is 0 Å². The third kappa shape index (κ3) is 4.38. The molecule has 26 heavy (non-hydrogen) atoms. The van der Waals surface area contributed by atoms with Crippen molar-refractivity contribution in [3.05, 3.63) is 10.6 Å². The van der Waals surface area contributed by atoms with Crippen LogP contribution in [-0.2, 0) is 14.9 Å². The molecule has 1 amide bonds. The molecule has 6 nitrogen and oxygen atoms in total. The maximum atomic E-state index is 12.6. The van der Waals surface area contributed by atoms with Gasteiger partial charge in [-0.1, -0.05) is 44.9 Å². The zero-order valence-corrected chi connectivity index (χ0v) is 17.4. The van der Waals surface area contributed by atoms with Crippen molar-refractivity contribution < 1.29 is 14.3 Å². The highest BCUT2D eigenvalue weighted by molar-refractivity contribution is 7.17. The van der Waals surface area contributed by atoms with Gasteiger partial charge in [-0.05, 0) is 25.2 Å². The van der Waals surface area contributed by atoms with Crippen LogP contribution >= 0.6 is 23.7 Å². The predicted octanol–water partition coefficient (Wildman–Crippen LogP) is 3.51. The van der Waals surface area contributed by atoms with E-state index >= 15 is 0 Å². The Labute approximate surface area is 164 Å². The van der Waals surface area contributed by atoms with E-state index in [1.54, 1.807) is 0 Å². The first kappa shape index (κ1) is 21.1. The number of halogens is 1. The van der Waals surface area contributed by atoms with Crippen molar-refractivity contribution >= 4 is 40.8 Å². The van der Waals surface area contributed by atoms with Gasteiger partial charge in [0.15, 0.2) is 5.13 Å². The number of anilines is 1. The minimum Gasteiger partial charge on any atom is -0.465 e. The second kappa shape index (κ2) is 8.23. The van der Waals surface area contributed by atoms with Gasteiger partial charge in [0.05, 0.1) is 18.8 Å². The fourth-order valence-corrected chi connectivity index (χ4v) is 4.92. The Morgan fingerprint density at radius 2 is 1.96 bits per heavy atom. The molecule has 2 N–H and O–H groups in total. The van der Waals surface area contributed by atoms with Crippen LogP contribution in [0.3, 0.4) is 0 Å². The van der Waals surface area contributed by atoms with Crippen LogP contribution < -0.4 is 10.6 Å². The second-order valence-corrected chi connectivity index (χ2v) is 9.03. The topological polar surface area (TPSA) is 80.3 Å². The summed E-state index contributed by atoms with van der Waals surface area (Å²) in [7, 11) is 1.36. The number of ether oxygens (including phenoxy) is 1. The highest BCUT2D eigenvalue weighted by Gasteiger charge is 2.38. The van der Waals surface area contributed by atoms with E-state index in [1.165, 1.54) is 37.7 Å². The van der Waals surface area contributed by atoms with Crippen LogP contribution in [0.15, 0.2) is 0 Å². The smallest absolute Gasteiger partial charge is 0.350 e. The second-order valence-electron chi connectivity index (χ2n) is 8.03. The van der Waals surface area contributed by atoms with Gasteiger partial charge < -0.3 is 15.4 Å². The lowest BCUT2D eigenvalue weighted by molar-refractivity contribution is -0.117. The van der Waals surface area contributed by atoms with Crippen molar-refractivity contribution in [1.29, 1.82) is 0 Å². The summed E-state index contributed by atoms with van der Waals surface area (Å²) >= 11 is 1.19. The molecule has 2 heterocycles. The van der Waals surface area contributed by atoms with E-state index < -0.39 is 5.97 Å². The van der Waals surface area contributed by atoms with Crippen LogP contribution in [0.25, 0.3) is 0 Å². The third-order valence-electron chi connectivity index (χ3n) is 5.12. The number of hydrogen-bond donors (Lipinski definition) is 2. The molecule has 1 saturated heterocycles. The minimum atomic E-state index is -0.409. The lowest BCUT2D eigenvalue weighted by atomic mass is 9.85. The summed E-state index contributed by atoms with van der Waals surface area (Å²) in [6.45, 7) is 5.97. The molecule has 2 aliphatic rings. The molecule has 3 unspecified atom stereocenters. The number of aromatic nitrogens is 1. The van der Waals surface area contributed by atoms with Gasteiger partial charge in [0.2, 0.25) is 5.91 Å². The summed E-state index contributed by atoms with van der Waals surface area (Å²) in [6.07, 6.45) is 5.76. The number of carbonyl (C=O) groups excluding carboxylic acids is 2. The van der Waals surface area contributed by atoms with E-state index in [0.717, 1.165) is 12.8 Å². The number of nitrogens with one attached hydrogen (secondary N) is 2.